The van der Waals surface area contributed by atoms with Gasteiger partial charge in [0.2, 0.25) is 0 Å². The monoisotopic (exact) mass is 588 g/mol. The Morgan fingerprint density at radius 1 is 1.16 bits per heavy atom. The Morgan fingerprint density at radius 2 is 1.81 bits per heavy atom. The van der Waals surface area contributed by atoms with Crippen LogP contribution < -0.4 is 10.6 Å². The standard InChI is InChI=1S/C28H34BrClN4O3/c1-7-18-10-9-11-19(8-2)24(18)34-23-15-21(29)22(30)14-20(23)25(31-26(34)35)33-13-12-32(16-17(33)3)27(36)37-28(4,5)6/h9-11,14-15,17H,7-8,12-13,16H2,1-6H3/t17-/m0/s1. The van der Waals surface area contributed by atoms with E-state index in [0.29, 0.717) is 34.9 Å². The average molecular weight is 590 g/mol. The molecule has 2 heterocycles. The minimum atomic E-state index is -0.560. The van der Waals surface area contributed by atoms with Crippen LogP contribution in [0.1, 0.15) is 52.7 Å². The van der Waals surface area contributed by atoms with E-state index < -0.39 is 5.60 Å². The van der Waals surface area contributed by atoms with Crippen molar-refractivity contribution in [2.24, 2.45) is 0 Å². The molecule has 3 aromatic rings. The molecule has 0 unspecified atom stereocenters. The summed E-state index contributed by atoms with van der Waals surface area (Å²) in [6, 6.07) is 9.84. The minimum Gasteiger partial charge on any atom is -0.444 e. The van der Waals surface area contributed by atoms with Crippen LogP contribution in [0.15, 0.2) is 39.6 Å². The van der Waals surface area contributed by atoms with Crippen LogP contribution in [-0.4, -0.2) is 51.8 Å². The molecule has 198 valence electrons. The molecule has 37 heavy (non-hydrogen) atoms. The number of nitrogens with zero attached hydrogens (tertiary/aromatic N) is 4. The second-order valence-electron chi connectivity index (χ2n) is 10.4. The lowest BCUT2D eigenvalue weighted by molar-refractivity contribution is 0.0218. The summed E-state index contributed by atoms with van der Waals surface area (Å²) < 4.78 is 8.00. The second kappa shape index (κ2) is 10.7. The largest absolute Gasteiger partial charge is 0.444 e. The average Bonchev–Trinajstić information content (AvgIpc) is 2.83. The lowest BCUT2D eigenvalue weighted by Gasteiger charge is -2.41. The predicted molar refractivity (Wildman–Crippen MR) is 153 cm³/mol. The summed E-state index contributed by atoms with van der Waals surface area (Å²) in [4.78, 5) is 34.9. The van der Waals surface area contributed by atoms with Crippen LogP contribution in [0.3, 0.4) is 0 Å². The van der Waals surface area contributed by atoms with Crippen molar-refractivity contribution >= 4 is 50.3 Å². The number of carbonyl (C=O) groups excluding carboxylic acids is 1. The molecule has 0 aliphatic carbocycles. The van der Waals surface area contributed by atoms with Crippen molar-refractivity contribution in [1.29, 1.82) is 0 Å². The normalized spacial score (nSPS) is 16.4. The van der Waals surface area contributed by atoms with Gasteiger partial charge in [0.1, 0.15) is 11.4 Å². The number of piperazine rings is 1. The maximum absolute atomic E-state index is 13.8. The van der Waals surface area contributed by atoms with Gasteiger partial charge in [-0.25, -0.2) is 9.59 Å². The third-order valence-corrected chi connectivity index (χ3v) is 7.85. The number of ether oxygens (including phenoxy) is 1. The number of aryl methyl sites for hydroxylation is 2. The molecule has 1 aliphatic rings. The van der Waals surface area contributed by atoms with Gasteiger partial charge in [0.05, 0.1) is 16.2 Å². The summed E-state index contributed by atoms with van der Waals surface area (Å²) >= 11 is 10.1. The summed E-state index contributed by atoms with van der Waals surface area (Å²) in [5.74, 6) is 0.578. The van der Waals surface area contributed by atoms with Gasteiger partial charge < -0.3 is 14.5 Å². The molecule has 0 spiro atoms. The first-order chi connectivity index (χ1) is 17.4. The fraction of sp³-hybridized carbons (Fsp3) is 0.464. The molecule has 1 saturated heterocycles. The zero-order valence-electron chi connectivity index (χ0n) is 22.3. The van der Waals surface area contributed by atoms with E-state index >= 15 is 0 Å². The first-order valence-corrected chi connectivity index (χ1v) is 13.9. The van der Waals surface area contributed by atoms with Crippen LogP contribution >= 0.6 is 27.5 Å². The number of halogens is 2. The van der Waals surface area contributed by atoms with Crippen LogP contribution in [0.25, 0.3) is 16.6 Å². The molecule has 9 heteroatoms. The maximum Gasteiger partial charge on any atom is 0.410 e. The Hall–Kier alpha value is -2.58. The number of anilines is 1. The summed E-state index contributed by atoms with van der Waals surface area (Å²) in [6.45, 7) is 13.2. The molecule has 0 bridgehead atoms. The molecule has 1 aromatic heterocycles. The van der Waals surface area contributed by atoms with Crippen LogP contribution in [0.5, 0.6) is 0 Å². The summed E-state index contributed by atoms with van der Waals surface area (Å²) in [7, 11) is 0. The fourth-order valence-electron chi connectivity index (χ4n) is 4.91. The Morgan fingerprint density at radius 3 is 2.38 bits per heavy atom. The van der Waals surface area contributed by atoms with E-state index in [-0.39, 0.29) is 17.8 Å². The number of carbonyl (C=O) groups is 1. The van der Waals surface area contributed by atoms with Gasteiger partial charge in [-0.1, -0.05) is 43.6 Å². The van der Waals surface area contributed by atoms with E-state index in [4.69, 9.17) is 16.3 Å². The molecule has 0 N–H and O–H groups in total. The number of aromatic nitrogens is 2. The van der Waals surface area contributed by atoms with Gasteiger partial charge in [-0.3, -0.25) is 4.57 Å². The number of hydrogen-bond acceptors (Lipinski definition) is 5. The molecular formula is C28H34BrClN4O3. The minimum absolute atomic E-state index is 0.0798. The number of benzene rings is 2. The Bertz CT molecular complexity index is 1380. The van der Waals surface area contributed by atoms with Gasteiger partial charge >= 0.3 is 11.8 Å². The smallest absolute Gasteiger partial charge is 0.410 e. The van der Waals surface area contributed by atoms with Gasteiger partial charge in [0.15, 0.2) is 0 Å². The highest BCUT2D eigenvalue weighted by Gasteiger charge is 2.32. The number of amides is 1. The van der Waals surface area contributed by atoms with E-state index in [1.165, 1.54) is 0 Å². The molecular weight excluding hydrogens is 556 g/mol. The van der Waals surface area contributed by atoms with Crippen molar-refractivity contribution in [3.8, 4) is 5.69 Å². The topological polar surface area (TPSA) is 67.7 Å². The molecule has 0 radical (unpaired) electrons. The Balaban J connectivity index is 1.84. The molecule has 1 amide bonds. The Kier molecular flexibility index (Phi) is 7.91. The zero-order valence-corrected chi connectivity index (χ0v) is 24.6. The van der Waals surface area contributed by atoms with E-state index in [2.05, 4.69) is 51.8 Å². The van der Waals surface area contributed by atoms with E-state index in [1.807, 2.05) is 45.9 Å². The molecule has 0 saturated carbocycles. The van der Waals surface area contributed by atoms with Crippen LogP contribution in [-0.2, 0) is 17.6 Å². The van der Waals surface area contributed by atoms with Crippen molar-refractivity contribution in [1.82, 2.24) is 14.5 Å². The van der Waals surface area contributed by atoms with Gasteiger partial charge in [-0.2, -0.15) is 4.98 Å². The van der Waals surface area contributed by atoms with Crippen molar-refractivity contribution in [2.75, 3.05) is 24.5 Å². The highest BCUT2D eigenvalue weighted by atomic mass is 79.9. The highest BCUT2D eigenvalue weighted by Crippen LogP contribution is 2.35. The molecule has 4 rings (SSSR count). The molecule has 2 aromatic carbocycles. The first kappa shape index (κ1) is 27.5. The summed E-state index contributed by atoms with van der Waals surface area (Å²) in [6.07, 6.45) is 1.25. The van der Waals surface area contributed by atoms with Crippen LogP contribution in [0.2, 0.25) is 5.02 Å². The third kappa shape index (κ3) is 5.50. The molecule has 1 fully saturated rings. The quantitative estimate of drug-likeness (QED) is 0.354. The van der Waals surface area contributed by atoms with Gasteiger partial charge in [-0.05, 0) is 79.7 Å². The molecule has 1 atom stereocenters. The Labute approximate surface area is 231 Å². The van der Waals surface area contributed by atoms with Crippen molar-refractivity contribution < 1.29 is 9.53 Å². The van der Waals surface area contributed by atoms with Crippen LogP contribution in [0.4, 0.5) is 10.6 Å². The van der Waals surface area contributed by atoms with E-state index in [9.17, 15) is 9.59 Å². The number of rotatable bonds is 4. The lowest BCUT2D eigenvalue weighted by Crippen LogP contribution is -2.55. The number of para-hydroxylation sites is 1. The zero-order chi connectivity index (χ0) is 27.1. The highest BCUT2D eigenvalue weighted by molar-refractivity contribution is 9.10. The van der Waals surface area contributed by atoms with E-state index in [1.54, 1.807) is 9.47 Å². The van der Waals surface area contributed by atoms with E-state index in [0.717, 1.165) is 40.6 Å². The fourth-order valence-corrected chi connectivity index (χ4v) is 5.40. The first-order valence-electron chi connectivity index (χ1n) is 12.7. The van der Waals surface area contributed by atoms with Gasteiger partial charge in [0.25, 0.3) is 0 Å². The van der Waals surface area contributed by atoms with Crippen molar-refractivity contribution in [3.05, 3.63) is 61.4 Å². The summed E-state index contributed by atoms with van der Waals surface area (Å²) in [5, 5.41) is 1.33. The summed E-state index contributed by atoms with van der Waals surface area (Å²) in [5.41, 5.74) is 2.90. The third-order valence-electron chi connectivity index (χ3n) is 6.65. The molecule has 7 nitrogen and oxygen atoms in total. The SMILES string of the molecule is CCc1cccc(CC)c1-n1c(=O)nc(N2CCN(C(=O)OC(C)(C)C)C[C@@H]2C)c2cc(Cl)c(Br)cc21. The maximum atomic E-state index is 13.8. The van der Waals surface area contributed by atoms with Gasteiger partial charge in [0, 0.05) is 35.5 Å². The number of fused-ring (bicyclic) bond motifs is 1. The van der Waals surface area contributed by atoms with Crippen LogP contribution in [0, 0.1) is 0 Å². The number of hydrogen-bond donors (Lipinski definition) is 0. The van der Waals surface area contributed by atoms with Gasteiger partial charge in [-0.15, -0.1) is 0 Å². The second-order valence-corrected chi connectivity index (χ2v) is 11.7. The molecule has 1 aliphatic heterocycles. The van der Waals surface area contributed by atoms with Crippen molar-refractivity contribution in [2.45, 2.75) is 66.0 Å². The van der Waals surface area contributed by atoms with Crippen molar-refractivity contribution in [3.63, 3.8) is 0 Å². The predicted octanol–water partition coefficient (Wildman–Crippen LogP) is 6.37. The lowest BCUT2D eigenvalue weighted by atomic mass is 10.0.